The zero-order chi connectivity index (χ0) is 11.5. The van der Waals surface area contributed by atoms with E-state index in [1.807, 2.05) is 26.1 Å². The van der Waals surface area contributed by atoms with Gasteiger partial charge in [-0.25, -0.2) is 0 Å². The number of hydrogen-bond acceptors (Lipinski definition) is 3. The first kappa shape index (κ1) is 11.5. The Kier molecular flexibility index (Phi) is 3.51. The third-order valence-corrected chi connectivity index (χ3v) is 4.03. The van der Waals surface area contributed by atoms with Crippen LogP contribution in [-0.2, 0) is 4.79 Å². The summed E-state index contributed by atoms with van der Waals surface area (Å²) < 4.78 is 0. The number of rotatable bonds is 3. The fourth-order valence-electron chi connectivity index (χ4n) is 1.78. The molecule has 3 nitrogen and oxygen atoms in total. The number of carbonyl (C=O) groups is 1. The number of para-hydroxylation sites is 1. The molecule has 4 heteroatoms. The summed E-state index contributed by atoms with van der Waals surface area (Å²) in [6.07, 6.45) is 0.861. The molecule has 1 aliphatic heterocycles. The van der Waals surface area contributed by atoms with Gasteiger partial charge in [0.15, 0.2) is 0 Å². The molecule has 86 valence electrons. The molecule has 1 aromatic carbocycles. The Balaban J connectivity index is 2.19. The van der Waals surface area contributed by atoms with Crippen molar-refractivity contribution in [2.75, 3.05) is 18.9 Å². The summed E-state index contributed by atoms with van der Waals surface area (Å²) >= 11 is 1.67. The molecule has 1 aliphatic rings. The topological polar surface area (TPSA) is 41.1 Å². The lowest BCUT2D eigenvalue weighted by Crippen LogP contribution is -2.31. The Morgan fingerprint density at radius 3 is 3.06 bits per heavy atom. The largest absolute Gasteiger partial charge is 0.324 e. The van der Waals surface area contributed by atoms with Gasteiger partial charge in [0.2, 0.25) is 5.91 Å². The van der Waals surface area contributed by atoms with Gasteiger partial charge in [0.1, 0.15) is 0 Å². The van der Waals surface area contributed by atoms with Gasteiger partial charge in [-0.15, -0.1) is 11.8 Å². The number of anilines is 1. The molecule has 16 heavy (non-hydrogen) atoms. The van der Waals surface area contributed by atoms with Crippen molar-refractivity contribution in [2.45, 2.75) is 23.5 Å². The van der Waals surface area contributed by atoms with Crippen LogP contribution in [0.5, 0.6) is 0 Å². The van der Waals surface area contributed by atoms with E-state index in [4.69, 9.17) is 0 Å². The highest BCUT2D eigenvalue weighted by atomic mass is 32.2. The molecular weight excluding hydrogens is 220 g/mol. The molecule has 0 fully saturated rings. The number of nitrogens with one attached hydrogen (secondary N) is 2. The molecule has 0 saturated carbocycles. The van der Waals surface area contributed by atoms with Crippen molar-refractivity contribution in [1.82, 2.24) is 5.32 Å². The summed E-state index contributed by atoms with van der Waals surface area (Å²) in [5.41, 5.74) is 2.11. The first-order valence-electron chi connectivity index (χ1n) is 5.44. The number of benzene rings is 1. The van der Waals surface area contributed by atoms with E-state index >= 15 is 0 Å². The molecule has 0 spiro atoms. The predicted molar refractivity (Wildman–Crippen MR) is 68.0 cm³/mol. The Labute approximate surface area is 100.0 Å². The van der Waals surface area contributed by atoms with Crippen molar-refractivity contribution in [3.8, 4) is 0 Å². The zero-order valence-corrected chi connectivity index (χ0v) is 10.4. The van der Waals surface area contributed by atoms with E-state index in [2.05, 4.69) is 16.7 Å². The van der Waals surface area contributed by atoms with Crippen LogP contribution in [-0.4, -0.2) is 24.7 Å². The Morgan fingerprint density at radius 2 is 2.31 bits per heavy atom. The Morgan fingerprint density at radius 1 is 1.50 bits per heavy atom. The molecule has 0 bridgehead atoms. The van der Waals surface area contributed by atoms with E-state index in [0.29, 0.717) is 0 Å². The summed E-state index contributed by atoms with van der Waals surface area (Å²) in [7, 11) is 1.91. The highest BCUT2D eigenvalue weighted by Crippen LogP contribution is 2.38. The number of amides is 1. The molecule has 0 aliphatic carbocycles. The van der Waals surface area contributed by atoms with Gasteiger partial charge in [-0.1, -0.05) is 12.1 Å². The maximum Gasteiger partial charge on any atom is 0.237 e. The van der Waals surface area contributed by atoms with Crippen LogP contribution in [0.1, 0.15) is 12.0 Å². The van der Waals surface area contributed by atoms with Crippen LogP contribution in [0, 0.1) is 6.92 Å². The Bertz CT molecular complexity index is 406. The molecule has 0 saturated heterocycles. The van der Waals surface area contributed by atoms with Gasteiger partial charge in [0.05, 0.1) is 10.9 Å². The second kappa shape index (κ2) is 4.89. The minimum atomic E-state index is 0.0294. The minimum absolute atomic E-state index is 0.0294. The SMILES string of the molecule is CNCCC1Sc2cccc(C)c2NC1=O. The van der Waals surface area contributed by atoms with Gasteiger partial charge in [-0.2, -0.15) is 0 Å². The van der Waals surface area contributed by atoms with Crippen LogP contribution in [0.25, 0.3) is 0 Å². The highest BCUT2D eigenvalue weighted by molar-refractivity contribution is 8.01. The minimum Gasteiger partial charge on any atom is -0.324 e. The molecule has 1 aromatic rings. The lowest BCUT2D eigenvalue weighted by atomic mass is 10.2. The van der Waals surface area contributed by atoms with E-state index in [1.54, 1.807) is 11.8 Å². The van der Waals surface area contributed by atoms with Gasteiger partial charge in [0.25, 0.3) is 0 Å². The number of hydrogen-bond donors (Lipinski definition) is 2. The fourth-order valence-corrected chi connectivity index (χ4v) is 2.97. The molecule has 0 radical (unpaired) electrons. The van der Waals surface area contributed by atoms with Gasteiger partial charge in [0, 0.05) is 4.90 Å². The second-order valence-electron chi connectivity index (χ2n) is 3.94. The highest BCUT2D eigenvalue weighted by Gasteiger charge is 2.26. The predicted octanol–water partition coefficient (Wildman–Crippen LogP) is 2.02. The third-order valence-electron chi connectivity index (χ3n) is 2.70. The van der Waals surface area contributed by atoms with Gasteiger partial charge in [-0.05, 0) is 38.6 Å². The van der Waals surface area contributed by atoms with Crippen LogP contribution >= 0.6 is 11.8 Å². The monoisotopic (exact) mass is 236 g/mol. The molecule has 2 rings (SSSR count). The van der Waals surface area contributed by atoms with Crippen molar-refractivity contribution in [3.05, 3.63) is 23.8 Å². The summed E-state index contributed by atoms with van der Waals surface area (Å²) in [5, 5.41) is 6.11. The molecular formula is C12H16N2OS. The number of aryl methyl sites for hydroxylation is 1. The zero-order valence-electron chi connectivity index (χ0n) is 9.54. The maximum absolute atomic E-state index is 11.9. The first-order chi connectivity index (χ1) is 7.72. The molecule has 1 unspecified atom stereocenters. The third kappa shape index (κ3) is 2.23. The quantitative estimate of drug-likeness (QED) is 0.843. The maximum atomic E-state index is 11.9. The van der Waals surface area contributed by atoms with E-state index in [9.17, 15) is 4.79 Å². The second-order valence-corrected chi connectivity index (χ2v) is 5.18. The average Bonchev–Trinajstić information content (AvgIpc) is 2.28. The van der Waals surface area contributed by atoms with E-state index in [0.717, 1.165) is 24.2 Å². The summed E-state index contributed by atoms with van der Waals surface area (Å²) in [5.74, 6) is 0.127. The normalized spacial score (nSPS) is 19.1. The van der Waals surface area contributed by atoms with Gasteiger partial charge < -0.3 is 10.6 Å². The molecule has 2 N–H and O–H groups in total. The number of carbonyl (C=O) groups excluding carboxylic acids is 1. The van der Waals surface area contributed by atoms with Crippen molar-refractivity contribution in [3.63, 3.8) is 0 Å². The average molecular weight is 236 g/mol. The molecule has 0 aromatic heterocycles. The van der Waals surface area contributed by atoms with Crippen LogP contribution in [0.3, 0.4) is 0 Å². The lowest BCUT2D eigenvalue weighted by molar-refractivity contribution is -0.115. The van der Waals surface area contributed by atoms with E-state index in [1.165, 1.54) is 4.90 Å². The van der Waals surface area contributed by atoms with Gasteiger partial charge >= 0.3 is 0 Å². The van der Waals surface area contributed by atoms with Crippen molar-refractivity contribution >= 4 is 23.4 Å². The molecule has 1 heterocycles. The van der Waals surface area contributed by atoms with Crippen molar-refractivity contribution < 1.29 is 4.79 Å². The summed E-state index contributed by atoms with van der Waals surface area (Å²) in [6, 6.07) is 6.13. The van der Waals surface area contributed by atoms with Crippen LogP contribution in [0.15, 0.2) is 23.1 Å². The standard InChI is InChI=1S/C12H16N2OS/c1-8-4-3-5-9-11(8)14-12(15)10(16-9)6-7-13-2/h3-5,10,13H,6-7H2,1-2H3,(H,14,15). The smallest absolute Gasteiger partial charge is 0.237 e. The van der Waals surface area contributed by atoms with Crippen LogP contribution < -0.4 is 10.6 Å². The fraction of sp³-hybridized carbons (Fsp3) is 0.417. The molecule has 1 atom stereocenters. The van der Waals surface area contributed by atoms with E-state index in [-0.39, 0.29) is 11.2 Å². The lowest BCUT2D eigenvalue weighted by Gasteiger charge is -2.25. The number of thioether (sulfide) groups is 1. The van der Waals surface area contributed by atoms with Gasteiger partial charge in [-0.3, -0.25) is 4.79 Å². The summed E-state index contributed by atoms with van der Waals surface area (Å²) in [4.78, 5) is 13.0. The number of fused-ring (bicyclic) bond motifs is 1. The van der Waals surface area contributed by atoms with E-state index < -0.39 is 0 Å². The molecule has 1 amide bonds. The van der Waals surface area contributed by atoms with Crippen molar-refractivity contribution in [1.29, 1.82) is 0 Å². The van der Waals surface area contributed by atoms with Crippen LogP contribution in [0.4, 0.5) is 5.69 Å². The summed E-state index contributed by atoms with van der Waals surface area (Å²) in [6.45, 7) is 2.89. The van der Waals surface area contributed by atoms with Crippen LogP contribution in [0.2, 0.25) is 0 Å². The Hall–Kier alpha value is -1.00. The van der Waals surface area contributed by atoms with Crippen molar-refractivity contribution in [2.24, 2.45) is 0 Å². The first-order valence-corrected chi connectivity index (χ1v) is 6.32.